The molecule has 2 aromatic rings. The Bertz CT molecular complexity index is 583. The second-order valence-corrected chi connectivity index (χ2v) is 5.40. The third kappa shape index (κ3) is 3.40. The summed E-state index contributed by atoms with van der Waals surface area (Å²) in [5, 5.41) is 0.561. The zero-order valence-electron chi connectivity index (χ0n) is 11.7. The number of rotatable bonds is 5. The first kappa shape index (κ1) is 15.0. The third-order valence-electron chi connectivity index (χ3n) is 3.45. The van der Waals surface area contributed by atoms with Crippen LogP contribution >= 0.6 is 15.9 Å². The summed E-state index contributed by atoms with van der Waals surface area (Å²) >= 11 is 3.37. The summed E-state index contributed by atoms with van der Waals surface area (Å²) in [6, 6.07) is 12.6. The van der Waals surface area contributed by atoms with Gasteiger partial charge in [0.15, 0.2) is 0 Å². The van der Waals surface area contributed by atoms with Crippen LogP contribution in [0, 0.1) is 5.82 Å². The van der Waals surface area contributed by atoms with E-state index in [0.717, 1.165) is 17.7 Å². The van der Waals surface area contributed by atoms with Gasteiger partial charge in [-0.2, -0.15) is 0 Å². The fourth-order valence-electron chi connectivity index (χ4n) is 2.07. The summed E-state index contributed by atoms with van der Waals surface area (Å²) < 4.78 is 19.3. The van der Waals surface area contributed by atoms with E-state index in [9.17, 15) is 4.39 Å². The normalized spacial score (nSPS) is 12.2. The summed E-state index contributed by atoms with van der Waals surface area (Å²) in [5.74, 6) is 1.72. The number of hydrogen-bond acceptors (Lipinski definition) is 1. The fraction of sp³-hybridized carbons (Fsp3) is 0.294. The molecule has 0 aliphatic heterocycles. The first-order valence-electron chi connectivity index (χ1n) is 6.76. The monoisotopic (exact) mass is 336 g/mol. The molecule has 0 heterocycles. The second-order valence-electron chi connectivity index (χ2n) is 4.83. The molecule has 1 unspecified atom stereocenters. The smallest absolute Gasteiger partial charge is 0.131 e. The predicted molar refractivity (Wildman–Crippen MR) is 84.3 cm³/mol. The molecular weight excluding hydrogens is 319 g/mol. The SMILES string of the molecule is CCC(C)c1ccccc1Oc1ccc(F)cc1CBr. The van der Waals surface area contributed by atoms with Gasteiger partial charge in [0.2, 0.25) is 0 Å². The molecule has 0 aromatic heterocycles. The number of halogens is 2. The van der Waals surface area contributed by atoms with Crippen molar-refractivity contribution in [3.63, 3.8) is 0 Å². The van der Waals surface area contributed by atoms with Crippen molar-refractivity contribution in [2.45, 2.75) is 31.5 Å². The molecule has 0 saturated carbocycles. The molecule has 0 N–H and O–H groups in total. The zero-order valence-corrected chi connectivity index (χ0v) is 13.3. The van der Waals surface area contributed by atoms with Crippen LogP contribution in [0.3, 0.4) is 0 Å². The van der Waals surface area contributed by atoms with Crippen LogP contribution in [0.4, 0.5) is 4.39 Å². The molecule has 3 heteroatoms. The maximum absolute atomic E-state index is 13.3. The van der Waals surface area contributed by atoms with Crippen molar-refractivity contribution >= 4 is 15.9 Å². The lowest BCUT2D eigenvalue weighted by atomic mass is 9.98. The highest BCUT2D eigenvalue weighted by Gasteiger charge is 2.12. The van der Waals surface area contributed by atoms with E-state index in [0.29, 0.717) is 17.0 Å². The molecule has 0 radical (unpaired) electrons. The van der Waals surface area contributed by atoms with E-state index >= 15 is 0 Å². The van der Waals surface area contributed by atoms with Crippen LogP contribution in [0.25, 0.3) is 0 Å². The molecule has 1 atom stereocenters. The van der Waals surface area contributed by atoms with Crippen LogP contribution in [0.2, 0.25) is 0 Å². The van der Waals surface area contributed by atoms with Gasteiger partial charge in [0, 0.05) is 10.9 Å². The van der Waals surface area contributed by atoms with Crippen LogP contribution in [0.1, 0.15) is 37.3 Å². The average Bonchev–Trinajstić information content (AvgIpc) is 2.48. The van der Waals surface area contributed by atoms with Crippen LogP contribution in [0.15, 0.2) is 42.5 Å². The Morgan fingerprint density at radius 1 is 1.15 bits per heavy atom. The van der Waals surface area contributed by atoms with Crippen molar-refractivity contribution in [1.29, 1.82) is 0 Å². The van der Waals surface area contributed by atoms with Crippen molar-refractivity contribution in [1.82, 2.24) is 0 Å². The largest absolute Gasteiger partial charge is 0.457 e. The molecular formula is C17H18BrFO. The van der Waals surface area contributed by atoms with Gasteiger partial charge in [-0.15, -0.1) is 0 Å². The fourth-order valence-corrected chi connectivity index (χ4v) is 2.51. The number of alkyl halides is 1. The Morgan fingerprint density at radius 3 is 2.60 bits per heavy atom. The van der Waals surface area contributed by atoms with Crippen molar-refractivity contribution in [2.75, 3.05) is 0 Å². The molecule has 0 spiro atoms. The third-order valence-corrected chi connectivity index (χ3v) is 4.05. The first-order chi connectivity index (χ1) is 9.65. The highest BCUT2D eigenvalue weighted by Crippen LogP contribution is 2.34. The Morgan fingerprint density at radius 2 is 1.90 bits per heavy atom. The minimum Gasteiger partial charge on any atom is -0.457 e. The number of hydrogen-bond donors (Lipinski definition) is 0. The van der Waals surface area contributed by atoms with Crippen molar-refractivity contribution < 1.29 is 9.13 Å². The van der Waals surface area contributed by atoms with Gasteiger partial charge in [0.05, 0.1) is 0 Å². The maximum atomic E-state index is 13.3. The number of benzene rings is 2. The Balaban J connectivity index is 2.35. The standard InChI is InChI=1S/C17H18BrFO/c1-3-12(2)15-6-4-5-7-17(15)20-16-9-8-14(19)10-13(16)11-18/h4-10,12H,3,11H2,1-2H3. The predicted octanol–water partition coefficient (Wildman–Crippen LogP) is 6.03. The highest BCUT2D eigenvalue weighted by atomic mass is 79.9. The first-order valence-corrected chi connectivity index (χ1v) is 7.89. The molecule has 0 bridgehead atoms. The number of para-hydroxylation sites is 1. The molecule has 0 aliphatic carbocycles. The molecule has 0 aliphatic rings. The van der Waals surface area contributed by atoms with Crippen molar-refractivity contribution in [3.8, 4) is 11.5 Å². The van der Waals surface area contributed by atoms with Gasteiger partial charge in [-0.25, -0.2) is 4.39 Å². The molecule has 0 fully saturated rings. The van der Waals surface area contributed by atoms with E-state index in [-0.39, 0.29) is 5.82 Å². The molecule has 2 aromatic carbocycles. The Kier molecular flexibility index (Phi) is 5.18. The summed E-state index contributed by atoms with van der Waals surface area (Å²) in [5.41, 5.74) is 1.99. The Hall–Kier alpha value is -1.35. The molecule has 2 rings (SSSR count). The average molecular weight is 337 g/mol. The van der Waals surface area contributed by atoms with E-state index < -0.39 is 0 Å². The van der Waals surface area contributed by atoms with E-state index in [4.69, 9.17) is 4.74 Å². The quantitative estimate of drug-likeness (QED) is 0.606. The summed E-state index contributed by atoms with van der Waals surface area (Å²) in [6.07, 6.45) is 1.05. The Labute approximate surface area is 127 Å². The minimum absolute atomic E-state index is 0.248. The molecule has 1 nitrogen and oxygen atoms in total. The van der Waals surface area contributed by atoms with Gasteiger partial charge in [-0.1, -0.05) is 48.0 Å². The topological polar surface area (TPSA) is 9.23 Å². The summed E-state index contributed by atoms with van der Waals surface area (Å²) in [7, 11) is 0. The molecule has 0 amide bonds. The van der Waals surface area contributed by atoms with Crippen molar-refractivity contribution in [2.24, 2.45) is 0 Å². The molecule has 20 heavy (non-hydrogen) atoms. The van der Waals surface area contributed by atoms with Gasteiger partial charge in [0.25, 0.3) is 0 Å². The van der Waals surface area contributed by atoms with Crippen LogP contribution < -0.4 is 4.74 Å². The van der Waals surface area contributed by atoms with Gasteiger partial charge in [0.1, 0.15) is 17.3 Å². The summed E-state index contributed by atoms with van der Waals surface area (Å²) in [6.45, 7) is 4.33. The van der Waals surface area contributed by atoms with Crippen molar-refractivity contribution in [3.05, 3.63) is 59.4 Å². The lowest BCUT2D eigenvalue weighted by molar-refractivity contribution is 0.464. The molecule has 106 valence electrons. The van der Waals surface area contributed by atoms with Crippen LogP contribution in [-0.2, 0) is 5.33 Å². The lowest BCUT2D eigenvalue weighted by Gasteiger charge is -2.16. The van der Waals surface area contributed by atoms with Gasteiger partial charge < -0.3 is 4.74 Å². The maximum Gasteiger partial charge on any atom is 0.131 e. The van der Waals surface area contributed by atoms with E-state index in [2.05, 4.69) is 35.8 Å². The second kappa shape index (κ2) is 6.89. The van der Waals surface area contributed by atoms with E-state index in [1.54, 1.807) is 6.07 Å². The summed E-state index contributed by atoms with van der Waals surface area (Å²) in [4.78, 5) is 0. The number of ether oxygens (including phenoxy) is 1. The van der Waals surface area contributed by atoms with Gasteiger partial charge in [-0.05, 0) is 42.2 Å². The highest BCUT2D eigenvalue weighted by molar-refractivity contribution is 9.08. The zero-order chi connectivity index (χ0) is 14.5. The van der Waals surface area contributed by atoms with Gasteiger partial charge >= 0.3 is 0 Å². The minimum atomic E-state index is -0.248. The van der Waals surface area contributed by atoms with Crippen LogP contribution in [0.5, 0.6) is 11.5 Å². The lowest BCUT2D eigenvalue weighted by Crippen LogP contribution is -1.97. The van der Waals surface area contributed by atoms with Crippen LogP contribution in [-0.4, -0.2) is 0 Å². The molecule has 0 saturated heterocycles. The van der Waals surface area contributed by atoms with E-state index in [1.807, 2.05) is 18.2 Å². The van der Waals surface area contributed by atoms with E-state index in [1.165, 1.54) is 17.7 Å². The van der Waals surface area contributed by atoms with Gasteiger partial charge in [-0.3, -0.25) is 0 Å².